The first-order valence-electron chi connectivity index (χ1n) is 7.56. The second kappa shape index (κ2) is 5.83. The molecule has 0 saturated carbocycles. The molecule has 0 aliphatic carbocycles. The number of carbonyl (C=O) groups is 1. The number of likely N-dealkylation sites (tertiary alicyclic amines) is 1. The maximum absolute atomic E-state index is 12.8. The lowest BCUT2D eigenvalue weighted by atomic mass is 10.0. The van der Waals surface area contributed by atoms with Crippen molar-refractivity contribution in [3.63, 3.8) is 0 Å². The molecule has 1 aromatic heterocycles. The monoisotopic (exact) mass is 314 g/mol. The van der Waals surface area contributed by atoms with Crippen molar-refractivity contribution in [2.45, 2.75) is 32.7 Å². The molecule has 1 aliphatic heterocycles. The Morgan fingerprint density at radius 2 is 2.04 bits per heavy atom. The Balaban J connectivity index is 1.87. The summed E-state index contributed by atoms with van der Waals surface area (Å²) < 4.78 is 0. The molecule has 1 amide bonds. The molecule has 1 N–H and O–H groups in total. The van der Waals surface area contributed by atoms with Gasteiger partial charge in [-0.05, 0) is 38.8 Å². The highest BCUT2D eigenvalue weighted by Gasteiger charge is 2.33. The molecule has 120 valence electrons. The van der Waals surface area contributed by atoms with Crippen molar-refractivity contribution in [3.05, 3.63) is 56.9 Å². The molecule has 0 spiro atoms. The van der Waals surface area contributed by atoms with Crippen LogP contribution in [0.3, 0.4) is 0 Å². The number of aryl methyl sites for hydroxylation is 2. The van der Waals surface area contributed by atoms with E-state index < -0.39 is 4.92 Å². The lowest BCUT2D eigenvalue weighted by molar-refractivity contribution is -0.384. The van der Waals surface area contributed by atoms with Crippen LogP contribution in [-0.2, 0) is 0 Å². The number of nitro groups is 1. The number of non-ortho nitro benzene ring substituents is 1. The Kier molecular flexibility index (Phi) is 3.85. The van der Waals surface area contributed by atoms with Gasteiger partial charge in [0.15, 0.2) is 0 Å². The summed E-state index contributed by atoms with van der Waals surface area (Å²) >= 11 is 0. The number of hydrogen-bond acceptors (Lipinski definition) is 4. The lowest BCUT2D eigenvalue weighted by Crippen LogP contribution is -2.31. The van der Waals surface area contributed by atoms with Gasteiger partial charge in [0.2, 0.25) is 0 Å². The number of nitro benzene ring substituents is 1. The summed E-state index contributed by atoms with van der Waals surface area (Å²) in [4.78, 5) is 24.9. The third-order valence-corrected chi connectivity index (χ3v) is 4.36. The van der Waals surface area contributed by atoms with E-state index in [9.17, 15) is 14.9 Å². The van der Waals surface area contributed by atoms with Crippen LogP contribution in [-0.4, -0.2) is 32.5 Å². The van der Waals surface area contributed by atoms with Gasteiger partial charge in [-0.2, -0.15) is 5.10 Å². The minimum Gasteiger partial charge on any atom is -0.331 e. The maximum atomic E-state index is 12.8. The second-order valence-electron chi connectivity index (χ2n) is 5.81. The van der Waals surface area contributed by atoms with E-state index in [0.29, 0.717) is 12.1 Å². The Hall–Kier alpha value is -2.70. The first kappa shape index (κ1) is 15.2. The number of nitrogens with zero attached hydrogens (tertiary/aromatic N) is 3. The zero-order chi connectivity index (χ0) is 16.6. The number of hydrogen-bond donors (Lipinski definition) is 1. The van der Waals surface area contributed by atoms with E-state index in [0.717, 1.165) is 29.8 Å². The van der Waals surface area contributed by atoms with Crippen LogP contribution in [0.2, 0.25) is 0 Å². The normalized spacial score (nSPS) is 17.5. The molecule has 1 atom stereocenters. The highest BCUT2D eigenvalue weighted by atomic mass is 16.6. The van der Waals surface area contributed by atoms with Crippen LogP contribution in [0.1, 0.15) is 46.2 Å². The minimum absolute atomic E-state index is 0.0106. The van der Waals surface area contributed by atoms with E-state index in [4.69, 9.17) is 0 Å². The van der Waals surface area contributed by atoms with Gasteiger partial charge >= 0.3 is 0 Å². The number of aromatic amines is 1. The average molecular weight is 314 g/mol. The molecular formula is C16H18N4O3. The van der Waals surface area contributed by atoms with Gasteiger partial charge < -0.3 is 4.90 Å². The van der Waals surface area contributed by atoms with Crippen molar-refractivity contribution in [1.29, 1.82) is 0 Å². The average Bonchev–Trinajstić information content (AvgIpc) is 3.13. The van der Waals surface area contributed by atoms with Crippen LogP contribution < -0.4 is 0 Å². The van der Waals surface area contributed by atoms with Crippen LogP contribution in [0.5, 0.6) is 0 Å². The Bertz CT molecular complexity index is 732. The van der Waals surface area contributed by atoms with Gasteiger partial charge in [0.05, 0.1) is 16.7 Å². The highest BCUT2D eigenvalue weighted by molar-refractivity contribution is 5.95. The third-order valence-electron chi connectivity index (χ3n) is 4.36. The van der Waals surface area contributed by atoms with E-state index in [2.05, 4.69) is 10.2 Å². The summed E-state index contributed by atoms with van der Waals surface area (Å²) in [5.41, 5.74) is 3.44. The Morgan fingerprint density at radius 3 is 2.61 bits per heavy atom. The number of H-pyrrole nitrogens is 1. The quantitative estimate of drug-likeness (QED) is 0.696. The molecule has 7 heteroatoms. The van der Waals surface area contributed by atoms with Crippen molar-refractivity contribution < 1.29 is 9.72 Å². The van der Waals surface area contributed by atoms with Crippen LogP contribution in [0.25, 0.3) is 0 Å². The molecule has 0 radical (unpaired) electrons. The molecular weight excluding hydrogens is 296 g/mol. The van der Waals surface area contributed by atoms with E-state index in [-0.39, 0.29) is 17.6 Å². The van der Waals surface area contributed by atoms with E-state index in [1.165, 1.54) is 24.3 Å². The van der Waals surface area contributed by atoms with Crippen molar-refractivity contribution in [3.8, 4) is 0 Å². The topological polar surface area (TPSA) is 92.1 Å². The molecule has 2 heterocycles. The number of rotatable bonds is 3. The van der Waals surface area contributed by atoms with Gasteiger partial charge in [-0.25, -0.2) is 0 Å². The van der Waals surface area contributed by atoms with E-state index in [1.54, 1.807) is 0 Å². The van der Waals surface area contributed by atoms with Crippen molar-refractivity contribution in [2.24, 2.45) is 0 Å². The van der Waals surface area contributed by atoms with Gasteiger partial charge in [0.25, 0.3) is 11.6 Å². The zero-order valence-electron chi connectivity index (χ0n) is 13.1. The molecule has 1 saturated heterocycles. The summed E-state index contributed by atoms with van der Waals surface area (Å²) in [5.74, 6) is -0.0950. The maximum Gasteiger partial charge on any atom is 0.269 e. The molecule has 1 fully saturated rings. The predicted molar refractivity (Wildman–Crippen MR) is 84.2 cm³/mol. The molecule has 3 rings (SSSR count). The predicted octanol–water partition coefficient (Wildman–Crippen LogP) is 2.91. The summed E-state index contributed by atoms with van der Waals surface area (Å²) in [6, 6.07) is 5.78. The number of benzene rings is 1. The van der Waals surface area contributed by atoms with Gasteiger partial charge in [0.1, 0.15) is 0 Å². The van der Waals surface area contributed by atoms with Crippen molar-refractivity contribution in [1.82, 2.24) is 15.1 Å². The summed E-state index contributed by atoms with van der Waals surface area (Å²) in [5, 5.41) is 17.9. The summed E-state index contributed by atoms with van der Waals surface area (Å²) in [6.45, 7) is 4.58. The fourth-order valence-corrected chi connectivity index (χ4v) is 3.25. The Morgan fingerprint density at radius 1 is 1.35 bits per heavy atom. The van der Waals surface area contributed by atoms with Crippen LogP contribution in [0.15, 0.2) is 24.3 Å². The van der Waals surface area contributed by atoms with Gasteiger partial charge in [-0.15, -0.1) is 0 Å². The fraction of sp³-hybridized carbons (Fsp3) is 0.375. The molecule has 2 aromatic rings. The van der Waals surface area contributed by atoms with Crippen molar-refractivity contribution in [2.75, 3.05) is 6.54 Å². The number of amides is 1. The fourth-order valence-electron chi connectivity index (χ4n) is 3.25. The van der Waals surface area contributed by atoms with E-state index >= 15 is 0 Å². The molecule has 0 bridgehead atoms. The summed E-state index contributed by atoms with van der Waals surface area (Å²) in [6.07, 6.45) is 1.84. The molecule has 7 nitrogen and oxygen atoms in total. The van der Waals surface area contributed by atoms with Crippen LogP contribution in [0.4, 0.5) is 5.69 Å². The van der Waals surface area contributed by atoms with Gasteiger partial charge in [-0.1, -0.05) is 0 Å². The van der Waals surface area contributed by atoms with Gasteiger partial charge in [0, 0.05) is 35.5 Å². The molecule has 0 unspecified atom stereocenters. The Labute approximate surface area is 133 Å². The largest absolute Gasteiger partial charge is 0.331 e. The van der Waals surface area contributed by atoms with Crippen molar-refractivity contribution >= 4 is 11.6 Å². The molecule has 1 aliphatic rings. The van der Waals surface area contributed by atoms with E-state index in [1.807, 2.05) is 18.7 Å². The first-order valence-corrected chi connectivity index (χ1v) is 7.56. The number of nitrogens with one attached hydrogen (secondary N) is 1. The third kappa shape index (κ3) is 2.69. The standard InChI is InChI=1S/C16H18N4O3/c1-10-15(11(2)18-17-10)14-4-3-9-19(14)16(21)12-5-7-13(8-6-12)20(22)23/h5-8,14H,3-4,9H2,1-2H3,(H,17,18)/t14-/m0/s1. The van der Waals surface area contributed by atoms with Crippen LogP contribution >= 0.6 is 0 Å². The molecule has 23 heavy (non-hydrogen) atoms. The number of carbonyl (C=O) groups excluding carboxylic acids is 1. The SMILES string of the molecule is Cc1n[nH]c(C)c1[C@@H]1CCCN1C(=O)c1ccc([N+](=O)[O-])cc1. The number of aromatic nitrogens is 2. The zero-order valence-corrected chi connectivity index (χ0v) is 13.1. The van der Waals surface area contributed by atoms with Gasteiger partial charge in [-0.3, -0.25) is 20.0 Å². The lowest BCUT2D eigenvalue weighted by Gasteiger charge is -2.25. The summed E-state index contributed by atoms with van der Waals surface area (Å²) in [7, 11) is 0. The molecule has 1 aromatic carbocycles. The first-order chi connectivity index (χ1) is 11.0. The van der Waals surface area contributed by atoms with Crippen LogP contribution in [0, 0.1) is 24.0 Å². The highest BCUT2D eigenvalue weighted by Crippen LogP contribution is 2.35. The minimum atomic E-state index is -0.467. The second-order valence-corrected chi connectivity index (χ2v) is 5.81. The smallest absolute Gasteiger partial charge is 0.269 e.